The van der Waals surface area contributed by atoms with Gasteiger partial charge in [0.05, 0.1) is 17.5 Å². The molecule has 1 aliphatic carbocycles. The zero-order valence-corrected chi connectivity index (χ0v) is 13.2. The molecule has 0 atom stereocenters. The summed E-state index contributed by atoms with van der Waals surface area (Å²) in [5.74, 6) is -3.53. The van der Waals surface area contributed by atoms with Gasteiger partial charge in [-0.3, -0.25) is 4.57 Å². The summed E-state index contributed by atoms with van der Waals surface area (Å²) in [6, 6.07) is 8.28. The second-order valence-electron chi connectivity index (χ2n) is 6.44. The Morgan fingerprint density at radius 2 is 1.96 bits per heavy atom. The molecule has 0 aliphatic heterocycles. The van der Waals surface area contributed by atoms with Gasteiger partial charge in [-0.1, -0.05) is 0 Å². The number of aromatic nitrogens is 3. The molecular weight excluding hydrogens is 328 g/mol. The summed E-state index contributed by atoms with van der Waals surface area (Å²) < 4.78 is 27.7. The highest BCUT2D eigenvalue weighted by Crippen LogP contribution is 2.43. The van der Waals surface area contributed by atoms with E-state index < -0.39 is 11.9 Å². The number of carboxylic acids is 1. The van der Waals surface area contributed by atoms with Gasteiger partial charge in [0.15, 0.2) is 5.65 Å². The minimum absolute atomic E-state index is 0.0348. The Hall–Kier alpha value is -2.83. The third-order valence-electron chi connectivity index (χ3n) is 4.50. The van der Waals surface area contributed by atoms with Crippen molar-refractivity contribution < 1.29 is 18.7 Å². The maximum atomic E-state index is 12.9. The fourth-order valence-electron chi connectivity index (χ4n) is 3.24. The molecule has 25 heavy (non-hydrogen) atoms. The van der Waals surface area contributed by atoms with Gasteiger partial charge in [-0.15, -0.1) is 0 Å². The van der Waals surface area contributed by atoms with Crippen LogP contribution in [-0.4, -0.2) is 31.5 Å². The van der Waals surface area contributed by atoms with E-state index in [1.807, 2.05) is 16.8 Å². The summed E-state index contributed by atoms with van der Waals surface area (Å²) in [4.78, 5) is 19.9. The van der Waals surface area contributed by atoms with E-state index in [0.29, 0.717) is 23.3 Å². The quantitative estimate of drug-likeness (QED) is 0.784. The molecule has 7 heteroatoms. The fraction of sp³-hybridized carbons (Fsp3) is 0.278. The molecule has 2 aromatic heterocycles. The molecule has 1 aromatic carbocycles. The summed E-state index contributed by atoms with van der Waals surface area (Å²) in [5, 5.41) is 8.96. The molecule has 0 radical (unpaired) electrons. The first-order valence-electron chi connectivity index (χ1n) is 7.96. The van der Waals surface area contributed by atoms with Crippen LogP contribution in [-0.2, 0) is 6.42 Å². The standard InChI is InChI=1S/C18H15F2N3O2/c19-18(20)8-11(9-18)7-13-10-21-16-15(22-13)5-6-23(16)14-3-1-12(2-4-14)17(24)25/h1-6,10-11H,7-9H2,(H,24,25). The van der Waals surface area contributed by atoms with Crippen LogP contribution >= 0.6 is 0 Å². The van der Waals surface area contributed by atoms with E-state index in [4.69, 9.17) is 5.11 Å². The molecule has 0 spiro atoms. The van der Waals surface area contributed by atoms with E-state index >= 15 is 0 Å². The Labute approximate surface area is 141 Å². The van der Waals surface area contributed by atoms with E-state index in [9.17, 15) is 13.6 Å². The average Bonchev–Trinajstić information content (AvgIpc) is 2.96. The first kappa shape index (κ1) is 15.7. The molecule has 0 bridgehead atoms. The van der Waals surface area contributed by atoms with Gasteiger partial charge in [0.2, 0.25) is 5.92 Å². The number of carbonyl (C=O) groups is 1. The molecule has 5 nitrogen and oxygen atoms in total. The number of halogens is 2. The van der Waals surface area contributed by atoms with Crippen molar-refractivity contribution in [2.75, 3.05) is 0 Å². The maximum absolute atomic E-state index is 12.9. The first-order valence-corrected chi connectivity index (χ1v) is 7.96. The summed E-state index contributed by atoms with van der Waals surface area (Å²) >= 11 is 0. The average molecular weight is 343 g/mol. The van der Waals surface area contributed by atoms with Crippen LogP contribution in [0.3, 0.4) is 0 Å². The largest absolute Gasteiger partial charge is 0.478 e. The normalized spacial score (nSPS) is 16.7. The molecule has 3 aromatic rings. The topological polar surface area (TPSA) is 68.0 Å². The zero-order valence-electron chi connectivity index (χ0n) is 13.2. The molecule has 1 N–H and O–H groups in total. The van der Waals surface area contributed by atoms with Crippen molar-refractivity contribution >= 4 is 17.1 Å². The highest BCUT2D eigenvalue weighted by molar-refractivity contribution is 5.87. The van der Waals surface area contributed by atoms with Crippen molar-refractivity contribution in [3.8, 4) is 5.69 Å². The summed E-state index contributed by atoms with van der Waals surface area (Å²) in [6.07, 6.45) is 3.78. The van der Waals surface area contributed by atoms with Crippen LogP contribution in [0.5, 0.6) is 0 Å². The predicted molar refractivity (Wildman–Crippen MR) is 87.2 cm³/mol. The molecule has 1 fully saturated rings. The Morgan fingerprint density at radius 1 is 1.24 bits per heavy atom. The van der Waals surface area contributed by atoms with E-state index in [-0.39, 0.29) is 24.3 Å². The van der Waals surface area contributed by atoms with Gasteiger partial charge in [-0.05, 0) is 42.7 Å². The third-order valence-corrected chi connectivity index (χ3v) is 4.50. The lowest BCUT2D eigenvalue weighted by atomic mass is 9.78. The van der Waals surface area contributed by atoms with Gasteiger partial charge < -0.3 is 5.11 Å². The number of nitrogens with zero attached hydrogens (tertiary/aromatic N) is 3. The zero-order chi connectivity index (χ0) is 17.6. The van der Waals surface area contributed by atoms with Crippen molar-refractivity contribution in [2.24, 2.45) is 5.92 Å². The van der Waals surface area contributed by atoms with Crippen LogP contribution in [0, 0.1) is 5.92 Å². The predicted octanol–water partition coefficient (Wildman–Crippen LogP) is 3.71. The van der Waals surface area contributed by atoms with Crippen molar-refractivity contribution in [1.29, 1.82) is 0 Å². The minimum Gasteiger partial charge on any atom is -0.478 e. The van der Waals surface area contributed by atoms with Crippen molar-refractivity contribution in [2.45, 2.75) is 25.2 Å². The fourth-order valence-corrected chi connectivity index (χ4v) is 3.24. The van der Waals surface area contributed by atoms with Crippen LogP contribution in [0.25, 0.3) is 16.9 Å². The molecule has 0 unspecified atom stereocenters. The molecule has 0 saturated heterocycles. The third kappa shape index (κ3) is 2.97. The highest BCUT2D eigenvalue weighted by atomic mass is 19.3. The molecule has 128 valence electrons. The van der Waals surface area contributed by atoms with E-state index in [2.05, 4.69) is 9.97 Å². The first-order chi connectivity index (χ1) is 11.9. The molecule has 1 saturated carbocycles. The summed E-state index contributed by atoms with van der Waals surface area (Å²) in [5.41, 5.74) is 3.04. The lowest BCUT2D eigenvalue weighted by Gasteiger charge is -2.34. The van der Waals surface area contributed by atoms with Crippen molar-refractivity contribution in [1.82, 2.24) is 14.5 Å². The Kier molecular flexibility index (Phi) is 3.52. The molecule has 4 rings (SSSR count). The Morgan fingerprint density at radius 3 is 2.60 bits per heavy atom. The number of fused-ring (bicyclic) bond motifs is 1. The van der Waals surface area contributed by atoms with Crippen LogP contribution in [0.15, 0.2) is 42.7 Å². The second-order valence-corrected chi connectivity index (χ2v) is 6.44. The molecule has 2 heterocycles. The SMILES string of the molecule is O=C(O)c1ccc(-n2ccc3nc(CC4CC(F)(F)C4)cnc32)cc1. The number of aromatic carboxylic acids is 1. The van der Waals surface area contributed by atoms with Gasteiger partial charge in [-0.25, -0.2) is 23.5 Å². The van der Waals surface area contributed by atoms with Gasteiger partial charge in [0, 0.05) is 24.7 Å². The molecule has 1 aliphatic rings. The Bertz CT molecular complexity index is 943. The van der Waals surface area contributed by atoms with E-state index in [0.717, 1.165) is 5.69 Å². The van der Waals surface area contributed by atoms with E-state index in [1.165, 1.54) is 12.1 Å². The number of alkyl halides is 2. The smallest absolute Gasteiger partial charge is 0.335 e. The lowest BCUT2D eigenvalue weighted by Crippen LogP contribution is -2.36. The second kappa shape index (κ2) is 5.61. The highest BCUT2D eigenvalue weighted by Gasteiger charge is 2.45. The van der Waals surface area contributed by atoms with Gasteiger partial charge in [0.1, 0.15) is 5.52 Å². The maximum Gasteiger partial charge on any atom is 0.335 e. The van der Waals surface area contributed by atoms with Crippen LogP contribution in [0.4, 0.5) is 8.78 Å². The summed E-state index contributed by atoms with van der Waals surface area (Å²) in [7, 11) is 0. The van der Waals surface area contributed by atoms with Gasteiger partial charge >= 0.3 is 5.97 Å². The van der Waals surface area contributed by atoms with Crippen LogP contribution < -0.4 is 0 Å². The van der Waals surface area contributed by atoms with Crippen LogP contribution in [0.1, 0.15) is 28.9 Å². The number of carboxylic acid groups (broad SMARTS) is 1. The number of benzene rings is 1. The van der Waals surface area contributed by atoms with Crippen molar-refractivity contribution in [3.63, 3.8) is 0 Å². The monoisotopic (exact) mass is 343 g/mol. The number of hydrogen-bond donors (Lipinski definition) is 1. The minimum atomic E-state index is -2.52. The Balaban J connectivity index is 1.58. The molecular formula is C18H15F2N3O2. The molecule has 0 amide bonds. The lowest BCUT2D eigenvalue weighted by molar-refractivity contribution is -0.109. The van der Waals surface area contributed by atoms with Crippen molar-refractivity contribution in [3.05, 3.63) is 54.0 Å². The van der Waals surface area contributed by atoms with Gasteiger partial charge in [-0.2, -0.15) is 0 Å². The number of hydrogen-bond acceptors (Lipinski definition) is 3. The summed E-state index contributed by atoms with van der Waals surface area (Å²) in [6.45, 7) is 0. The van der Waals surface area contributed by atoms with Crippen LogP contribution in [0.2, 0.25) is 0 Å². The number of rotatable bonds is 4. The van der Waals surface area contributed by atoms with E-state index in [1.54, 1.807) is 18.3 Å². The van der Waals surface area contributed by atoms with Gasteiger partial charge in [0.25, 0.3) is 0 Å².